The number of phenolic OH excluding ortho intramolecular Hbond substituents is 1. The van der Waals surface area contributed by atoms with Crippen LogP contribution in [0.5, 0.6) is 5.75 Å². The van der Waals surface area contributed by atoms with E-state index in [0.717, 1.165) is 36.2 Å². The summed E-state index contributed by atoms with van der Waals surface area (Å²) in [7, 11) is 3.22. The summed E-state index contributed by atoms with van der Waals surface area (Å²) in [6, 6.07) is 10.6. The number of aliphatic hydroxyl groups is 3. The Morgan fingerprint density at radius 3 is 2.43 bits per heavy atom. The van der Waals surface area contributed by atoms with E-state index in [0.29, 0.717) is 11.6 Å². The summed E-state index contributed by atoms with van der Waals surface area (Å²) in [5, 5.41) is 45.2. The van der Waals surface area contributed by atoms with Gasteiger partial charge in [-0.3, -0.25) is 24.2 Å². The van der Waals surface area contributed by atoms with E-state index in [2.05, 4.69) is 37.8 Å². The third kappa shape index (κ3) is 4.81. The number of benzene rings is 2. The lowest BCUT2D eigenvalue weighted by molar-refractivity contribution is -0.148. The third-order valence-corrected chi connectivity index (χ3v) is 9.47. The molecule has 10 heteroatoms. The van der Waals surface area contributed by atoms with Gasteiger partial charge >= 0.3 is 0 Å². The molecule has 0 fully saturated rings. The standard InChI is InChI=1S/C34H41N3O7/c1-6-12-37(17(2)3)16-18-8-7-9-19(13-18)21-10-11-24(38)26-22(21)14-20-15-23-28(36(4)5)30(40)27(33(35)43)32(42)34(23,44)31(41)25(20)29(26)39/h7-11,13,17,20,23,28,38,40-41,44H,6,12,14-16H2,1-5H3,(H2,35,43)/t20-,23-,28-,34-/m0/s1. The Bertz CT molecular complexity index is 1610. The van der Waals surface area contributed by atoms with Crippen molar-refractivity contribution in [3.05, 3.63) is 75.8 Å². The topological polar surface area (TPSA) is 165 Å². The molecule has 3 aliphatic rings. The van der Waals surface area contributed by atoms with Crippen LogP contribution < -0.4 is 5.73 Å². The molecule has 6 N–H and O–H groups in total. The van der Waals surface area contributed by atoms with Gasteiger partial charge in [0.25, 0.3) is 5.91 Å². The number of likely N-dealkylation sites (N-methyl/N-ethyl adjacent to an activating group) is 1. The minimum absolute atomic E-state index is 0.00322. The highest BCUT2D eigenvalue weighted by Gasteiger charge is 2.63. The van der Waals surface area contributed by atoms with Crippen LogP contribution in [0.4, 0.5) is 0 Å². The van der Waals surface area contributed by atoms with Crippen LogP contribution in [0.15, 0.2) is 59.1 Å². The number of amides is 1. The first-order valence-electron chi connectivity index (χ1n) is 15.1. The molecule has 0 spiro atoms. The summed E-state index contributed by atoms with van der Waals surface area (Å²) in [6.45, 7) is 8.19. The molecule has 0 saturated heterocycles. The summed E-state index contributed by atoms with van der Waals surface area (Å²) in [5.41, 5.74) is 5.12. The molecule has 234 valence electrons. The van der Waals surface area contributed by atoms with Crippen LogP contribution in [0.25, 0.3) is 11.1 Å². The van der Waals surface area contributed by atoms with Gasteiger partial charge in [-0.25, -0.2) is 0 Å². The average Bonchev–Trinajstić information content (AvgIpc) is 2.94. The highest BCUT2D eigenvalue weighted by Crippen LogP contribution is 2.53. The Kier molecular flexibility index (Phi) is 8.22. The summed E-state index contributed by atoms with van der Waals surface area (Å²) in [5.74, 6) is -6.63. The fourth-order valence-electron chi connectivity index (χ4n) is 7.40. The second-order valence-corrected chi connectivity index (χ2v) is 12.7. The number of carbonyl (C=O) groups is 3. The van der Waals surface area contributed by atoms with Crippen molar-refractivity contribution in [2.75, 3.05) is 20.6 Å². The molecule has 2 aromatic carbocycles. The fourth-order valence-corrected chi connectivity index (χ4v) is 7.40. The van der Waals surface area contributed by atoms with E-state index in [9.17, 15) is 34.8 Å². The zero-order valence-electron chi connectivity index (χ0n) is 25.8. The molecule has 44 heavy (non-hydrogen) atoms. The lowest BCUT2D eigenvalue weighted by Crippen LogP contribution is -2.63. The van der Waals surface area contributed by atoms with Crippen molar-refractivity contribution in [2.45, 2.75) is 64.3 Å². The maximum atomic E-state index is 14.1. The van der Waals surface area contributed by atoms with Gasteiger partial charge in [0.1, 0.15) is 22.8 Å². The minimum Gasteiger partial charge on any atom is -0.510 e. The third-order valence-electron chi connectivity index (χ3n) is 9.47. The number of hydrogen-bond acceptors (Lipinski definition) is 9. The van der Waals surface area contributed by atoms with E-state index >= 15 is 0 Å². The lowest BCUT2D eigenvalue weighted by atomic mass is 9.58. The molecule has 0 heterocycles. The molecule has 10 nitrogen and oxygen atoms in total. The van der Waals surface area contributed by atoms with Crippen molar-refractivity contribution < 1.29 is 34.8 Å². The van der Waals surface area contributed by atoms with Crippen LogP contribution in [0.1, 0.15) is 55.1 Å². The zero-order chi connectivity index (χ0) is 32.2. The van der Waals surface area contributed by atoms with E-state index in [1.54, 1.807) is 25.1 Å². The average molecular weight is 604 g/mol. The predicted molar refractivity (Wildman–Crippen MR) is 165 cm³/mol. The summed E-state index contributed by atoms with van der Waals surface area (Å²) >= 11 is 0. The van der Waals surface area contributed by atoms with Crippen molar-refractivity contribution >= 4 is 17.5 Å². The molecule has 0 aromatic heterocycles. The Balaban J connectivity index is 1.63. The SMILES string of the molecule is CCCN(Cc1cccc(-c2ccc(O)c3c2C[C@H]2C[C@H]4[C@H](N(C)C)C(O)=C(C(N)=O)C(=O)[C@@]4(O)C(O)=C2C3=O)c1)C(C)C. The molecule has 5 rings (SSSR count). The van der Waals surface area contributed by atoms with Gasteiger partial charge in [-0.2, -0.15) is 0 Å². The Morgan fingerprint density at radius 1 is 1.11 bits per heavy atom. The Morgan fingerprint density at radius 2 is 1.82 bits per heavy atom. The number of fused-ring (bicyclic) bond motifs is 3. The predicted octanol–water partition coefficient (Wildman–Crippen LogP) is 3.41. The molecule has 4 atom stereocenters. The van der Waals surface area contributed by atoms with Crippen molar-refractivity contribution in [1.29, 1.82) is 0 Å². The molecule has 0 bridgehead atoms. The molecule has 0 aliphatic heterocycles. The number of carbonyl (C=O) groups excluding carboxylic acids is 3. The number of hydrogen-bond donors (Lipinski definition) is 5. The molecule has 0 unspecified atom stereocenters. The second kappa shape index (κ2) is 11.5. The van der Waals surface area contributed by atoms with Crippen LogP contribution in [0, 0.1) is 11.8 Å². The van der Waals surface area contributed by atoms with Crippen LogP contribution in [-0.4, -0.2) is 86.0 Å². The summed E-state index contributed by atoms with van der Waals surface area (Å²) in [6.07, 6.45) is 1.31. The Labute approximate surface area is 257 Å². The van der Waals surface area contributed by atoms with Gasteiger partial charge in [0.15, 0.2) is 11.4 Å². The quantitative estimate of drug-likeness (QED) is 0.284. The number of nitrogens with two attached hydrogens (primary N) is 1. The van der Waals surface area contributed by atoms with Gasteiger partial charge in [0, 0.05) is 24.1 Å². The van der Waals surface area contributed by atoms with Gasteiger partial charge in [0.2, 0.25) is 5.78 Å². The normalized spacial score (nSPS) is 25.1. The molecule has 0 radical (unpaired) electrons. The monoisotopic (exact) mass is 603 g/mol. The number of aromatic hydroxyl groups is 1. The number of primary amides is 1. The fraction of sp³-hybridized carbons (Fsp3) is 0.441. The van der Waals surface area contributed by atoms with Gasteiger partial charge in [-0.15, -0.1) is 0 Å². The van der Waals surface area contributed by atoms with Gasteiger partial charge < -0.3 is 26.2 Å². The highest BCUT2D eigenvalue weighted by atomic mass is 16.3. The number of rotatable bonds is 8. The van der Waals surface area contributed by atoms with Crippen molar-refractivity contribution in [3.63, 3.8) is 0 Å². The maximum absolute atomic E-state index is 14.1. The highest BCUT2D eigenvalue weighted by molar-refractivity contribution is 6.24. The van der Waals surface area contributed by atoms with Crippen molar-refractivity contribution in [3.8, 4) is 16.9 Å². The zero-order valence-corrected chi connectivity index (χ0v) is 25.8. The van der Waals surface area contributed by atoms with Crippen LogP contribution in [0.3, 0.4) is 0 Å². The van der Waals surface area contributed by atoms with E-state index in [1.165, 1.54) is 6.07 Å². The molecule has 2 aromatic rings. The number of Topliss-reactive ketones (excluding diaryl/α,β-unsaturated/α-hetero) is 2. The first kappa shape index (κ1) is 31.4. The number of phenols is 1. The molecule has 3 aliphatic carbocycles. The lowest BCUT2D eigenvalue weighted by Gasteiger charge is -2.50. The molecular weight excluding hydrogens is 562 g/mol. The number of ketones is 2. The summed E-state index contributed by atoms with van der Waals surface area (Å²) in [4.78, 5) is 43.7. The van der Waals surface area contributed by atoms with E-state index in [1.807, 2.05) is 12.1 Å². The maximum Gasteiger partial charge on any atom is 0.255 e. The number of aliphatic hydroxyl groups excluding tert-OH is 2. The first-order valence-corrected chi connectivity index (χ1v) is 15.1. The van der Waals surface area contributed by atoms with Crippen molar-refractivity contribution in [1.82, 2.24) is 9.80 Å². The van der Waals surface area contributed by atoms with Crippen molar-refractivity contribution in [2.24, 2.45) is 17.6 Å². The van der Waals surface area contributed by atoms with Gasteiger partial charge in [-0.05, 0) is 94.1 Å². The van der Waals surface area contributed by atoms with Crippen LogP contribution >= 0.6 is 0 Å². The van der Waals surface area contributed by atoms with E-state index < -0.39 is 58.0 Å². The first-order chi connectivity index (χ1) is 20.7. The largest absolute Gasteiger partial charge is 0.510 e. The number of nitrogens with zero attached hydrogens (tertiary/aromatic N) is 2. The minimum atomic E-state index is -2.66. The van der Waals surface area contributed by atoms with Crippen LogP contribution in [0.2, 0.25) is 0 Å². The summed E-state index contributed by atoms with van der Waals surface area (Å²) < 4.78 is 0. The van der Waals surface area contributed by atoms with Crippen LogP contribution in [-0.2, 0) is 22.6 Å². The van der Waals surface area contributed by atoms with E-state index in [-0.39, 0.29) is 29.7 Å². The second-order valence-electron chi connectivity index (χ2n) is 12.7. The van der Waals surface area contributed by atoms with Gasteiger partial charge in [-0.1, -0.05) is 31.2 Å². The molecular formula is C34H41N3O7. The number of allylic oxidation sites excluding steroid dienone is 1. The van der Waals surface area contributed by atoms with Gasteiger partial charge in [0.05, 0.1) is 11.6 Å². The smallest absolute Gasteiger partial charge is 0.255 e. The van der Waals surface area contributed by atoms with E-state index in [4.69, 9.17) is 5.73 Å². The Hall–Kier alpha value is -3.99. The molecule has 1 amide bonds. The molecule has 0 saturated carbocycles.